The van der Waals surface area contributed by atoms with Crippen LogP contribution in [0.5, 0.6) is 0 Å². The topological polar surface area (TPSA) is 15.8 Å². The van der Waals surface area contributed by atoms with Crippen molar-refractivity contribution in [2.75, 3.05) is 0 Å². The Kier molecular flexibility index (Phi) is 3.19. The molecule has 0 aliphatic heterocycles. The van der Waals surface area contributed by atoms with E-state index in [0.29, 0.717) is 0 Å². The van der Waals surface area contributed by atoms with Gasteiger partial charge in [0, 0.05) is 26.6 Å². The van der Waals surface area contributed by atoms with E-state index in [1.807, 2.05) is 0 Å². The maximum atomic E-state index is 3.65. The van der Waals surface area contributed by atoms with Gasteiger partial charge in [0.2, 0.25) is 0 Å². The van der Waals surface area contributed by atoms with Crippen molar-refractivity contribution in [2.45, 2.75) is 20.3 Å². The fraction of sp³-hybridized carbons (Fsp3) is 0.176. The predicted octanol–water partition coefficient (Wildman–Crippen LogP) is 5.47. The standard InChI is InChI=1S/C17H16BrN/c1-3-12-7-8-15(18)14(9-12)17-10-13-11(2)5-4-6-16(13)19-17/h4-10,19H,3H2,1-2H3. The van der Waals surface area contributed by atoms with Gasteiger partial charge in [-0.2, -0.15) is 0 Å². The molecule has 0 aliphatic carbocycles. The smallest absolute Gasteiger partial charge is 0.0476 e. The lowest BCUT2D eigenvalue weighted by Crippen LogP contribution is -1.84. The van der Waals surface area contributed by atoms with E-state index in [0.717, 1.165) is 10.9 Å². The summed E-state index contributed by atoms with van der Waals surface area (Å²) in [7, 11) is 0. The Hall–Kier alpha value is -1.54. The fourth-order valence-electron chi connectivity index (χ4n) is 2.45. The maximum absolute atomic E-state index is 3.65. The summed E-state index contributed by atoms with van der Waals surface area (Å²) in [5.41, 5.74) is 6.27. The van der Waals surface area contributed by atoms with Gasteiger partial charge in [0.15, 0.2) is 0 Å². The molecule has 0 fully saturated rings. The van der Waals surface area contributed by atoms with E-state index in [4.69, 9.17) is 0 Å². The Morgan fingerprint density at radius 3 is 2.68 bits per heavy atom. The molecule has 2 aromatic carbocycles. The lowest BCUT2D eigenvalue weighted by molar-refractivity contribution is 1.14. The molecule has 0 amide bonds. The van der Waals surface area contributed by atoms with Gasteiger partial charge in [0.25, 0.3) is 0 Å². The minimum Gasteiger partial charge on any atom is -0.354 e. The largest absolute Gasteiger partial charge is 0.354 e. The third-order valence-corrected chi connectivity index (χ3v) is 4.30. The average Bonchev–Trinajstić information content (AvgIpc) is 2.84. The zero-order valence-electron chi connectivity index (χ0n) is 11.1. The first kappa shape index (κ1) is 12.5. The van der Waals surface area contributed by atoms with Gasteiger partial charge in [-0.1, -0.05) is 41.1 Å². The Labute approximate surface area is 121 Å². The van der Waals surface area contributed by atoms with Crippen LogP contribution in [-0.4, -0.2) is 4.98 Å². The minimum absolute atomic E-state index is 1.06. The van der Waals surface area contributed by atoms with E-state index in [-0.39, 0.29) is 0 Å². The molecule has 0 unspecified atom stereocenters. The Morgan fingerprint density at radius 2 is 1.95 bits per heavy atom. The van der Waals surface area contributed by atoms with Crippen LogP contribution in [0.2, 0.25) is 0 Å². The summed E-state index contributed by atoms with van der Waals surface area (Å²) in [5, 5.41) is 1.30. The van der Waals surface area contributed by atoms with E-state index in [1.54, 1.807) is 0 Å². The van der Waals surface area contributed by atoms with Crippen molar-refractivity contribution >= 4 is 26.8 Å². The molecule has 1 aromatic heterocycles. The molecule has 0 spiro atoms. The summed E-state index contributed by atoms with van der Waals surface area (Å²) >= 11 is 3.65. The molecule has 0 atom stereocenters. The first-order chi connectivity index (χ1) is 9.19. The zero-order valence-corrected chi connectivity index (χ0v) is 12.7. The molecule has 2 heteroatoms. The monoisotopic (exact) mass is 313 g/mol. The molecule has 19 heavy (non-hydrogen) atoms. The second kappa shape index (κ2) is 4.86. The zero-order chi connectivity index (χ0) is 13.4. The van der Waals surface area contributed by atoms with Crippen LogP contribution in [0, 0.1) is 6.92 Å². The van der Waals surface area contributed by atoms with Crippen LogP contribution in [0.1, 0.15) is 18.1 Å². The Morgan fingerprint density at radius 1 is 1.11 bits per heavy atom. The minimum atomic E-state index is 1.06. The molecule has 0 saturated carbocycles. The van der Waals surface area contributed by atoms with E-state index in [2.05, 4.69) is 77.2 Å². The second-order valence-corrected chi connectivity index (χ2v) is 5.74. The molecule has 3 aromatic rings. The van der Waals surface area contributed by atoms with Gasteiger partial charge >= 0.3 is 0 Å². The van der Waals surface area contributed by atoms with Gasteiger partial charge < -0.3 is 4.98 Å². The molecule has 1 nitrogen and oxygen atoms in total. The van der Waals surface area contributed by atoms with Crippen LogP contribution in [-0.2, 0) is 6.42 Å². The van der Waals surface area contributed by atoms with Gasteiger partial charge in [-0.15, -0.1) is 0 Å². The number of halogens is 1. The van der Waals surface area contributed by atoms with Crippen molar-refractivity contribution in [3.05, 3.63) is 58.1 Å². The number of aryl methyl sites for hydroxylation is 2. The Bertz CT molecular complexity index is 740. The summed E-state index contributed by atoms with van der Waals surface area (Å²) in [6, 6.07) is 15.2. The molecule has 0 aliphatic rings. The van der Waals surface area contributed by atoms with Crippen molar-refractivity contribution < 1.29 is 0 Å². The highest BCUT2D eigenvalue weighted by Gasteiger charge is 2.08. The van der Waals surface area contributed by atoms with Crippen molar-refractivity contribution in [1.82, 2.24) is 4.98 Å². The number of hydrogen-bond donors (Lipinski definition) is 1. The summed E-state index contributed by atoms with van der Waals surface area (Å²) < 4.78 is 1.13. The van der Waals surface area contributed by atoms with Crippen molar-refractivity contribution in [2.24, 2.45) is 0 Å². The van der Waals surface area contributed by atoms with Crippen LogP contribution in [0.3, 0.4) is 0 Å². The number of fused-ring (bicyclic) bond motifs is 1. The van der Waals surface area contributed by atoms with Crippen LogP contribution < -0.4 is 0 Å². The quantitative estimate of drug-likeness (QED) is 0.646. The second-order valence-electron chi connectivity index (χ2n) is 4.89. The summed E-state index contributed by atoms with van der Waals surface area (Å²) in [6.45, 7) is 4.33. The van der Waals surface area contributed by atoms with Crippen LogP contribution in [0.4, 0.5) is 0 Å². The molecule has 3 rings (SSSR count). The van der Waals surface area contributed by atoms with Crippen LogP contribution >= 0.6 is 15.9 Å². The van der Waals surface area contributed by atoms with Crippen molar-refractivity contribution in [1.29, 1.82) is 0 Å². The Balaban J connectivity index is 2.21. The normalized spacial score (nSPS) is 11.1. The highest BCUT2D eigenvalue weighted by molar-refractivity contribution is 9.10. The third-order valence-electron chi connectivity index (χ3n) is 3.61. The van der Waals surface area contributed by atoms with Crippen molar-refractivity contribution in [3.8, 4) is 11.3 Å². The fourth-order valence-corrected chi connectivity index (χ4v) is 2.91. The molecule has 96 valence electrons. The first-order valence-corrected chi connectivity index (χ1v) is 7.35. The molecule has 0 bridgehead atoms. The lowest BCUT2D eigenvalue weighted by atomic mass is 10.1. The number of aromatic amines is 1. The SMILES string of the molecule is CCc1ccc(Br)c(-c2cc3c(C)cccc3[nH]2)c1. The molecule has 1 N–H and O–H groups in total. The highest BCUT2D eigenvalue weighted by Crippen LogP contribution is 2.32. The number of hydrogen-bond acceptors (Lipinski definition) is 0. The van der Waals surface area contributed by atoms with Crippen LogP contribution in [0.15, 0.2) is 46.9 Å². The summed E-state index contributed by atoms with van der Waals surface area (Å²) in [6.07, 6.45) is 1.06. The third kappa shape index (κ3) is 2.21. The van der Waals surface area contributed by atoms with Gasteiger partial charge in [-0.05, 0) is 48.7 Å². The van der Waals surface area contributed by atoms with Gasteiger partial charge in [0.1, 0.15) is 0 Å². The van der Waals surface area contributed by atoms with Crippen LogP contribution in [0.25, 0.3) is 22.2 Å². The van der Waals surface area contributed by atoms with E-state index < -0.39 is 0 Å². The molecule has 0 saturated heterocycles. The summed E-state index contributed by atoms with van der Waals surface area (Å²) in [5.74, 6) is 0. The van der Waals surface area contributed by atoms with Gasteiger partial charge in [-0.3, -0.25) is 0 Å². The molecule has 0 radical (unpaired) electrons. The van der Waals surface area contributed by atoms with E-state index in [1.165, 1.54) is 33.3 Å². The number of H-pyrrole nitrogens is 1. The van der Waals surface area contributed by atoms with Crippen molar-refractivity contribution in [3.63, 3.8) is 0 Å². The number of benzene rings is 2. The highest BCUT2D eigenvalue weighted by atomic mass is 79.9. The van der Waals surface area contributed by atoms with E-state index >= 15 is 0 Å². The number of nitrogens with one attached hydrogen (secondary N) is 1. The average molecular weight is 314 g/mol. The van der Waals surface area contributed by atoms with E-state index in [9.17, 15) is 0 Å². The van der Waals surface area contributed by atoms with Gasteiger partial charge in [0.05, 0.1) is 0 Å². The summed E-state index contributed by atoms with van der Waals surface area (Å²) in [4.78, 5) is 3.51. The first-order valence-electron chi connectivity index (χ1n) is 6.56. The number of rotatable bonds is 2. The molecule has 1 heterocycles. The molecular formula is C17H16BrN. The lowest BCUT2D eigenvalue weighted by Gasteiger charge is -2.04. The maximum Gasteiger partial charge on any atom is 0.0476 e. The molecular weight excluding hydrogens is 298 g/mol. The number of aromatic nitrogens is 1. The predicted molar refractivity (Wildman–Crippen MR) is 85.5 cm³/mol. The van der Waals surface area contributed by atoms with Gasteiger partial charge in [-0.25, -0.2) is 0 Å².